The number of pyridine rings is 1. The van der Waals surface area contributed by atoms with E-state index in [1.54, 1.807) is 30.5 Å². The number of anilines is 2. The number of hydrogen-bond acceptors (Lipinski definition) is 9. The molecule has 274 valence electrons. The molecule has 1 aromatic carbocycles. The minimum absolute atomic E-state index is 0.0326. The van der Waals surface area contributed by atoms with Crippen LogP contribution in [0.25, 0.3) is 11.2 Å². The fourth-order valence-electron chi connectivity index (χ4n) is 7.52. The maximum absolute atomic E-state index is 15.4. The van der Waals surface area contributed by atoms with Crippen LogP contribution in [0.4, 0.5) is 33.5 Å². The Bertz CT molecular complexity index is 2140. The third-order valence-corrected chi connectivity index (χ3v) is 21.2. The van der Waals surface area contributed by atoms with E-state index in [-0.39, 0.29) is 53.3 Å². The Morgan fingerprint density at radius 1 is 1.13 bits per heavy atom. The number of nitrogens with one attached hydrogen (secondary N) is 1. The minimum atomic E-state index is -4.56. The summed E-state index contributed by atoms with van der Waals surface area (Å²) in [6.45, 7) is 4.40. The van der Waals surface area contributed by atoms with Crippen molar-refractivity contribution in [1.82, 2.24) is 29.4 Å². The fourth-order valence-corrected chi connectivity index (χ4v) is 20.3. The van der Waals surface area contributed by atoms with Crippen molar-refractivity contribution in [1.29, 1.82) is 0 Å². The molecule has 4 heterocycles. The van der Waals surface area contributed by atoms with Crippen LogP contribution >= 0.6 is 0 Å². The molecule has 6 rings (SSSR count). The molecule has 2 amide bonds. The zero-order valence-electron chi connectivity index (χ0n) is 29.1. The Kier molecular flexibility index (Phi) is 9.99. The summed E-state index contributed by atoms with van der Waals surface area (Å²) in [6.07, 6.45) is -2.88. The van der Waals surface area contributed by atoms with Crippen LogP contribution < -0.4 is 19.0 Å². The van der Waals surface area contributed by atoms with E-state index in [0.29, 0.717) is 19.0 Å². The Balaban J connectivity index is 1.44. The number of alkyl halides is 5. The summed E-state index contributed by atoms with van der Waals surface area (Å²) in [5.74, 6) is -4.48. The Labute approximate surface area is 302 Å². The van der Waals surface area contributed by atoms with E-state index < -0.39 is 84.7 Å². The molecule has 1 saturated heterocycles. The molecule has 0 spiro atoms. The van der Waals surface area contributed by atoms with E-state index in [9.17, 15) is 32.7 Å². The number of aromatic nitrogens is 5. The van der Waals surface area contributed by atoms with Crippen LogP contribution in [0.15, 0.2) is 35.5 Å². The number of carbonyl (C=O) groups is 2. The van der Waals surface area contributed by atoms with Crippen molar-refractivity contribution >= 4 is 59.2 Å². The second-order valence-corrected chi connectivity index (χ2v) is 22.7. The average molecular weight is 831 g/mol. The number of benzene rings is 1. The molecule has 1 aliphatic carbocycles. The van der Waals surface area contributed by atoms with E-state index in [4.69, 9.17) is 0 Å². The van der Waals surface area contributed by atoms with Crippen LogP contribution in [0.3, 0.4) is 0 Å². The van der Waals surface area contributed by atoms with Crippen LogP contribution in [-0.2, 0) is 23.9 Å². The Hall–Kier alpha value is -4.35. The van der Waals surface area contributed by atoms with Crippen molar-refractivity contribution in [3.05, 3.63) is 69.2 Å². The molecule has 0 bridgehead atoms. The topological polar surface area (TPSA) is 146 Å². The Morgan fingerprint density at radius 3 is 2.52 bits per heavy atom. The van der Waals surface area contributed by atoms with Gasteiger partial charge in [-0.3, -0.25) is 0 Å². The zero-order chi connectivity index (χ0) is 37.9. The number of carbonyl (C=O) groups excluding carboxylic acids is 2. The number of hydrogen-bond donors (Lipinski definition) is 2. The first-order chi connectivity index (χ1) is 24.4. The first-order valence-corrected chi connectivity index (χ1v) is 22.6. The number of amides is 2. The molecule has 2 N–H and O–H groups in total. The van der Waals surface area contributed by atoms with Crippen molar-refractivity contribution in [2.45, 2.75) is 72.6 Å². The summed E-state index contributed by atoms with van der Waals surface area (Å²) in [7, 11) is 3.42. The van der Waals surface area contributed by atoms with Crippen LogP contribution in [0.5, 0.6) is 5.75 Å². The molecule has 2 fully saturated rings. The van der Waals surface area contributed by atoms with E-state index in [1.807, 2.05) is 0 Å². The molecular weight excluding hydrogens is 794 g/mol. The predicted molar refractivity (Wildman–Crippen MR) is 184 cm³/mol. The van der Waals surface area contributed by atoms with Crippen LogP contribution in [0.2, 0.25) is 7.85 Å². The molecule has 1 saturated carbocycles. The summed E-state index contributed by atoms with van der Waals surface area (Å²) in [5, 5.41) is 13.2. The van der Waals surface area contributed by atoms with Gasteiger partial charge < -0.3 is 0 Å². The van der Waals surface area contributed by atoms with Gasteiger partial charge in [-0.15, -0.1) is 0 Å². The van der Waals surface area contributed by atoms with Gasteiger partial charge in [0, 0.05) is 0 Å². The van der Waals surface area contributed by atoms with Crippen LogP contribution in [-0.4, -0.2) is 100 Å². The molecule has 1 aliphatic heterocycles. The summed E-state index contributed by atoms with van der Waals surface area (Å²) >= 11 is -3.70. The van der Waals surface area contributed by atoms with Gasteiger partial charge in [-0.1, -0.05) is 0 Å². The standard InChI is InChI=1S/C21H21F3N5O2.C13H15F2N3O2.In/c1-5-14-9-16(30)19-20(25-10-17(27-19)28(3)4)29(14)11-18(31)26-15-7-6-13(8-12(15)2)21(22,23)24;1-3-18(9-4-5-13(14,15)6-9)12(20)10-11(19)8(2)16-7-17-10;/h6-8,10H,5,11H2,1-4H3,(H,26,31);4,7,9,19H,1,3,5-6H2,2H3;/t;9-;/m.1./s1. The Morgan fingerprint density at radius 2 is 1.87 bits per heavy atom. The average Bonchev–Trinajstić information content (AvgIpc) is 3.41. The van der Waals surface area contributed by atoms with Crippen molar-refractivity contribution in [3.8, 4) is 5.75 Å². The molecule has 12 nitrogen and oxygen atoms in total. The molecular formula is C34H36F5InN8O4. The molecule has 0 radical (unpaired) electrons. The van der Waals surface area contributed by atoms with E-state index in [1.165, 1.54) is 31.0 Å². The molecule has 3 aromatic heterocycles. The van der Waals surface area contributed by atoms with Gasteiger partial charge in [0.25, 0.3) is 0 Å². The first-order valence-electron chi connectivity index (χ1n) is 16.7. The summed E-state index contributed by atoms with van der Waals surface area (Å²) in [4.78, 5) is 61.8. The zero-order valence-corrected chi connectivity index (χ0v) is 32.3. The van der Waals surface area contributed by atoms with E-state index in [2.05, 4.69) is 25.3 Å². The normalized spacial score (nSPS) is 18.4. The van der Waals surface area contributed by atoms with Gasteiger partial charge in [0.05, 0.1) is 0 Å². The number of aryl methyl sites for hydroxylation is 2. The van der Waals surface area contributed by atoms with Gasteiger partial charge >= 0.3 is 304 Å². The van der Waals surface area contributed by atoms with Gasteiger partial charge in [-0.2, -0.15) is 0 Å². The molecule has 4 aromatic rings. The van der Waals surface area contributed by atoms with Crippen molar-refractivity contribution in [3.63, 3.8) is 0 Å². The van der Waals surface area contributed by atoms with Crippen molar-refractivity contribution in [2.24, 2.45) is 0 Å². The predicted octanol–water partition coefficient (Wildman–Crippen LogP) is 4.22. The van der Waals surface area contributed by atoms with Crippen LogP contribution in [0, 0.1) is 13.8 Å². The molecule has 0 unspecified atom stereocenters. The molecule has 18 heteroatoms. The van der Waals surface area contributed by atoms with Gasteiger partial charge in [-0.25, -0.2) is 0 Å². The second-order valence-electron chi connectivity index (χ2n) is 13.5. The van der Waals surface area contributed by atoms with Gasteiger partial charge in [-0.05, 0) is 0 Å². The number of fused-ring (bicyclic) bond motifs is 2. The summed E-state index contributed by atoms with van der Waals surface area (Å²) in [6, 6.07) is 2.06. The quantitative estimate of drug-likeness (QED) is 0.262. The van der Waals surface area contributed by atoms with Crippen molar-refractivity contribution in [2.75, 3.05) is 30.9 Å². The van der Waals surface area contributed by atoms with Gasteiger partial charge in [0.15, 0.2) is 0 Å². The number of rotatable bonds is 7. The maximum atomic E-state index is 15.4. The van der Waals surface area contributed by atoms with E-state index in [0.717, 1.165) is 18.5 Å². The third kappa shape index (κ3) is 6.92. The molecule has 2 atom stereocenters. The number of aromatic hydroxyl groups is 1. The third-order valence-electron chi connectivity index (χ3n) is 9.99. The van der Waals surface area contributed by atoms with Gasteiger partial charge in [0.1, 0.15) is 0 Å². The molecule has 2 aliphatic rings. The summed E-state index contributed by atoms with van der Waals surface area (Å²) < 4.78 is 72.2. The van der Waals surface area contributed by atoms with Gasteiger partial charge in [0.2, 0.25) is 0 Å². The fraction of sp³-hybridized carbons (Fsp3) is 0.441. The summed E-state index contributed by atoms with van der Waals surface area (Å²) in [5.41, 5.74) is -0.514. The number of nitrogens with zero attached hydrogens (tertiary/aromatic N) is 7. The van der Waals surface area contributed by atoms with Crippen LogP contribution in [0.1, 0.15) is 52.8 Å². The first kappa shape index (κ1) is 37.4. The SMILES string of the molecule is CCc1[c]([In]2[CH2]CN(C(=O)c3ncnc(C)c3O)[C@H]3CC(F)(F)C[C@@H]32)c(=O)c2nc(N(C)C)cnc2n1CC(=O)Nc1ccc(C(F)(F)F)cc1C. The monoisotopic (exact) mass is 830 g/mol. The number of halogens is 5. The second kappa shape index (κ2) is 13.9. The molecule has 52 heavy (non-hydrogen) atoms. The van der Waals surface area contributed by atoms with Crippen molar-refractivity contribution < 1.29 is 36.6 Å². The van der Waals surface area contributed by atoms with E-state index >= 15 is 8.78 Å².